The lowest BCUT2D eigenvalue weighted by Crippen LogP contribution is -2.34. The molecule has 4 aromatic rings. The highest BCUT2D eigenvalue weighted by Gasteiger charge is 2.31. The van der Waals surface area contributed by atoms with Crippen molar-refractivity contribution in [1.29, 1.82) is 5.26 Å². The molecule has 0 aliphatic carbocycles. The maximum absolute atomic E-state index is 12.8. The maximum atomic E-state index is 12.8. The average Bonchev–Trinajstić information content (AvgIpc) is 3.37. The number of hydrogen-bond acceptors (Lipinski definition) is 5. The number of oxazole rings is 1. The molecule has 2 aromatic carbocycles. The second kappa shape index (κ2) is 10.8. The molecule has 2 aromatic heterocycles. The number of nitrogens with zero attached hydrogens (tertiary/aromatic N) is 4. The number of piperidine rings is 1. The molecule has 0 radical (unpaired) electrons. The molecule has 0 unspecified atom stereocenters. The molecule has 0 N–H and O–H groups in total. The van der Waals surface area contributed by atoms with Crippen molar-refractivity contribution in [3.8, 4) is 29.4 Å². The van der Waals surface area contributed by atoms with E-state index in [1.165, 1.54) is 6.07 Å². The van der Waals surface area contributed by atoms with Gasteiger partial charge in [-0.2, -0.15) is 18.4 Å². The summed E-state index contributed by atoms with van der Waals surface area (Å²) in [5.41, 5.74) is 3.93. The van der Waals surface area contributed by atoms with Crippen LogP contribution in [0.3, 0.4) is 0 Å². The predicted molar refractivity (Wildman–Crippen MR) is 144 cm³/mol. The molecule has 0 atom stereocenters. The minimum atomic E-state index is -4.37. The van der Waals surface area contributed by atoms with Crippen molar-refractivity contribution in [2.24, 2.45) is 5.92 Å². The zero-order valence-electron chi connectivity index (χ0n) is 21.7. The highest BCUT2D eigenvalue weighted by molar-refractivity contribution is 5.81. The van der Waals surface area contributed by atoms with E-state index in [4.69, 9.17) is 4.42 Å². The van der Waals surface area contributed by atoms with E-state index in [9.17, 15) is 18.4 Å². The minimum absolute atomic E-state index is 0.202. The molecule has 198 valence electrons. The van der Waals surface area contributed by atoms with Gasteiger partial charge in [-0.15, -0.1) is 0 Å². The second-order valence-corrected chi connectivity index (χ2v) is 10.1. The van der Waals surface area contributed by atoms with E-state index in [0.717, 1.165) is 61.3 Å². The van der Waals surface area contributed by atoms with E-state index in [-0.39, 0.29) is 5.92 Å². The fourth-order valence-electron chi connectivity index (χ4n) is 4.78. The van der Waals surface area contributed by atoms with Gasteiger partial charge in [-0.25, -0.2) is 9.97 Å². The number of benzene rings is 2. The van der Waals surface area contributed by atoms with Crippen molar-refractivity contribution in [2.45, 2.75) is 45.2 Å². The summed E-state index contributed by atoms with van der Waals surface area (Å²) in [6.45, 7) is 5.62. The zero-order chi connectivity index (χ0) is 27.6. The van der Waals surface area contributed by atoms with Gasteiger partial charge in [0.15, 0.2) is 5.58 Å². The van der Waals surface area contributed by atoms with Gasteiger partial charge in [0, 0.05) is 42.4 Å². The van der Waals surface area contributed by atoms with Gasteiger partial charge < -0.3 is 9.32 Å². The first-order chi connectivity index (χ1) is 18.7. The quantitative estimate of drug-likeness (QED) is 0.256. The standard InChI is InChI=1S/C31H27F3N4O/c1-20(2)26-16-23(18-35)17-27-29(26)39-30(37-27)24-8-6-21(7-9-24)4-3-5-22-12-14-38(15-13-22)28-11-10-25(19-36-28)31(32,33)34/h6-11,16-17,19-20,22H,5,12-15H2,1-2H3. The summed E-state index contributed by atoms with van der Waals surface area (Å²) in [4.78, 5) is 10.7. The molecule has 1 aliphatic rings. The van der Waals surface area contributed by atoms with Crippen molar-refractivity contribution >= 4 is 16.9 Å². The van der Waals surface area contributed by atoms with Crippen LogP contribution in [0.1, 0.15) is 61.3 Å². The van der Waals surface area contributed by atoms with Crippen LogP contribution in [0.5, 0.6) is 0 Å². The minimum Gasteiger partial charge on any atom is -0.436 e. The molecule has 1 aliphatic heterocycles. The summed E-state index contributed by atoms with van der Waals surface area (Å²) in [6.07, 6.45) is -0.876. The Morgan fingerprint density at radius 2 is 1.79 bits per heavy atom. The van der Waals surface area contributed by atoms with Crippen molar-refractivity contribution < 1.29 is 17.6 Å². The van der Waals surface area contributed by atoms with E-state index in [0.29, 0.717) is 34.3 Å². The average molecular weight is 529 g/mol. The molecule has 0 saturated carbocycles. The van der Waals surface area contributed by atoms with Crippen LogP contribution >= 0.6 is 0 Å². The number of fused-ring (bicyclic) bond motifs is 1. The number of anilines is 1. The third kappa shape index (κ3) is 5.91. The highest BCUT2D eigenvalue weighted by atomic mass is 19.4. The van der Waals surface area contributed by atoms with Crippen LogP contribution in [0, 0.1) is 29.1 Å². The molecule has 5 nitrogen and oxygen atoms in total. The number of alkyl halides is 3. The molecular formula is C31H27F3N4O. The monoisotopic (exact) mass is 528 g/mol. The molecule has 1 saturated heterocycles. The third-order valence-corrected chi connectivity index (χ3v) is 7.04. The third-order valence-electron chi connectivity index (χ3n) is 7.04. The topological polar surface area (TPSA) is 66.0 Å². The number of nitriles is 1. The lowest BCUT2D eigenvalue weighted by molar-refractivity contribution is -0.137. The molecule has 5 rings (SSSR count). The van der Waals surface area contributed by atoms with Gasteiger partial charge >= 0.3 is 6.18 Å². The first kappa shape index (κ1) is 26.3. The predicted octanol–water partition coefficient (Wildman–Crippen LogP) is 7.56. The first-order valence-electron chi connectivity index (χ1n) is 12.9. The summed E-state index contributed by atoms with van der Waals surface area (Å²) >= 11 is 0. The zero-order valence-corrected chi connectivity index (χ0v) is 21.7. The summed E-state index contributed by atoms with van der Waals surface area (Å²) in [7, 11) is 0. The Kier molecular flexibility index (Phi) is 7.30. The summed E-state index contributed by atoms with van der Waals surface area (Å²) in [5.74, 6) is 8.25. The number of hydrogen-bond donors (Lipinski definition) is 0. The van der Waals surface area contributed by atoms with Crippen molar-refractivity contribution in [2.75, 3.05) is 18.0 Å². The number of rotatable bonds is 4. The Bertz CT molecular complexity index is 1560. The summed E-state index contributed by atoms with van der Waals surface area (Å²) < 4.78 is 44.4. The number of halogens is 3. The van der Waals surface area contributed by atoms with Crippen LogP contribution in [-0.4, -0.2) is 23.1 Å². The first-order valence-corrected chi connectivity index (χ1v) is 12.9. The van der Waals surface area contributed by atoms with E-state index < -0.39 is 11.7 Å². The van der Waals surface area contributed by atoms with Gasteiger partial charge in [-0.3, -0.25) is 0 Å². The molecule has 39 heavy (non-hydrogen) atoms. The highest BCUT2D eigenvalue weighted by Crippen LogP contribution is 2.32. The molecule has 0 bridgehead atoms. The van der Waals surface area contributed by atoms with Crippen LogP contribution in [-0.2, 0) is 6.18 Å². The maximum Gasteiger partial charge on any atom is 0.417 e. The lowest BCUT2D eigenvalue weighted by atomic mass is 9.93. The van der Waals surface area contributed by atoms with Gasteiger partial charge in [0.25, 0.3) is 0 Å². The van der Waals surface area contributed by atoms with Gasteiger partial charge in [0.05, 0.1) is 17.2 Å². The Labute approximate surface area is 225 Å². The van der Waals surface area contributed by atoms with Gasteiger partial charge in [-0.05, 0) is 73.2 Å². The van der Waals surface area contributed by atoms with E-state index >= 15 is 0 Å². The van der Waals surface area contributed by atoms with Gasteiger partial charge in [0.2, 0.25) is 5.89 Å². The van der Waals surface area contributed by atoms with Crippen LogP contribution in [0.15, 0.2) is 59.1 Å². The van der Waals surface area contributed by atoms with Crippen molar-refractivity contribution in [3.05, 3.63) is 77.0 Å². The van der Waals surface area contributed by atoms with Crippen molar-refractivity contribution in [1.82, 2.24) is 9.97 Å². The molecule has 1 fully saturated rings. The molecule has 0 spiro atoms. The normalized spacial score (nSPS) is 14.3. The van der Waals surface area contributed by atoms with E-state index in [2.05, 4.69) is 41.7 Å². The SMILES string of the molecule is CC(C)c1cc(C#N)cc2nc(-c3ccc(C#CCC4CCN(c5ccc(C(F)(F)F)cn5)CC4)cc3)oc12. The van der Waals surface area contributed by atoms with Gasteiger partial charge in [-0.1, -0.05) is 25.7 Å². The number of pyridine rings is 1. The lowest BCUT2D eigenvalue weighted by Gasteiger charge is -2.32. The molecular weight excluding hydrogens is 501 g/mol. The van der Waals surface area contributed by atoms with E-state index in [1.54, 1.807) is 6.07 Å². The summed E-state index contributed by atoms with van der Waals surface area (Å²) in [6, 6.07) is 16.1. The van der Waals surface area contributed by atoms with Crippen LogP contribution < -0.4 is 4.90 Å². The fraction of sp³-hybridized carbons (Fsp3) is 0.323. The van der Waals surface area contributed by atoms with Crippen LogP contribution in [0.4, 0.5) is 19.0 Å². The Morgan fingerprint density at radius 1 is 1.05 bits per heavy atom. The van der Waals surface area contributed by atoms with Crippen LogP contribution in [0.25, 0.3) is 22.6 Å². The second-order valence-electron chi connectivity index (χ2n) is 10.1. The Morgan fingerprint density at radius 3 is 2.41 bits per heavy atom. The largest absolute Gasteiger partial charge is 0.436 e. The molecule has 3 heterocycles. The Balaban J connectivity index is 1.19. The van der Waals surface area contributed by atoms with Crippen LogP contribution in [0.2, 0.25) is 0 Å². The van der Waals surface area contributed by atoms with E-state index in [1.807, 2.05) is 35.2 Å². The molecule has 0 amide bonds. The summed E-state index contributed by atoms with van der Waals surface area (Å²) in [5, 5.41) is 9.34. The van der Waals surface area contributed by atoms with Gasteiger partial charge in [0.1, 0.15) is 11.3 Å². The number of aromatic nitrogens is 2. The Hall–Kier alpha value is -4.30. The molecule has 8 heteroatoms. The fourth-order valence-corrected chi connectivity index (χ4v) is 4.78. The van der Waals surface area contributed by atoms with Crippen molar-refractivity contribution in [3.63, 3.8) is 0 Å². The smallest absolute Gasteiger partial charge is 0.417 e.